The number of halogens is 1. The molecule has 1 aliphatic heterocycles. The molecule has 0 N–H and O–H groups in total. The summed E-state index contributed by atoms with van der Waals surface area (Å²) in [4.78, 5) is 2.38. The van der Waals surface area contributed by atoms with Crippen LogP contribution < -0.4 is 0 Å². The number of hydrogen-bond donors (Lipinski definition) is 0. The Labute approximate surface area is 105 Å². The van der Waals surface area contributed by atoms with E-state index in [-0.39, 0.29) is 5.92 Å². The van der Waals surface area contributed by atoms with E-state index in [4.69, 9.17) is 5.26 Å². The summed E-state index contributed by atoms with van der Waals surface area (Å²) in [6, 6.07) is 10.8. The van der Waals surface area contributed by atoms with Crippen molar-refractivity contribution in [1.29, 1.82) is 5.26 Å². The van der Waals surface area contributed by atoms with Crippen LogP contribution in [-0.2, 0) is 6.54 Å². The fraction of sp³-hybridized carbons (Fsp3) is 0.462. The lowest BCUT2D eigenvalue weighted by Crippen LogP contribution is -2.34. The lowest BCUT2D eigenvalue weighted by atomic mass is 9.99. The van der Waals surface area contributed by atoms with Gasteiger partial charge in [-0.1, -0.05) is 28.1 Å². The number of rotatable bonds is 2. The molecule has 16 heavy (non-hydrogen) atoms. The van der Waals surface area contributed by atoms with Crippen molar-refractivity contribution >= 4 is 15.9 Å². The minimum absolute atomic E-state index is 0.226. The van der Waals surface area contributed by atoms with Crippen molar-refractivity contribution in [1.82, 2.24) is 4.90 Å². The third-order valence-corrected chi connectivity index (χ3v) is 3.54. The normalized spacial score (nSPS) is 21.6. The third-order valence-electron chi connectivity index (χ3n) is 3.01. The van der Waals surface area contributed by atoms with E-state index >= 15 is 0 Å². The first-order valence-corrected chi connectivity index (χ1v) is 6.43. The Hall–Kier alpha value is -0.850. The molecule has 84 valence electrons. The predicted molar refractivity (Wildman–Crippen MR) is 67.8 cm³/mol. The minimum atomic E-state index is 0.226. The zero-order valence-corrected chi connectivity index (χ0v) is 10.8. The van der Waals surface area contributed by atoms with Crippen LogP contribution in [0.2, 0.25) is 0 Å². The zero-order valence-electron chi connectivity index (χ0n) is 9.19. The van der Waals surface area contributed by atoms with Gasteiger partial charge in [-0.05, 0) is 37.1 Å². The Morgan fingerprint density at radius 1 is 1.38 bits per heavy atom. The second-order valence-corrected chi connectivity index (χ2v) is 5.25. The van der Waals surface area contributed by atoms with Gasteiger partial charge >= 0.3 is 0 Å². The number of nitrogens with zero attached hydrogens (tertiary/aromatic N) is 2. The molecule has 0 radical (unpaired) electrons. The second-order valence-electron chi connectivity index (χ2n) is 4.33. The number of piperidine rings is 1. The van der Waals surface area contributed by atoms with E-state index in [0.29, 0.717) is 0 Å². The van der Waals surface area contributed by atoms with Crippen molar-refractivity contribution in [2.45, 2.75) is 19.4 Å². The van der Waals surface area contributed by atoms with Crippen LogP contribution in [0.4, 0.5) is 0 Å². The lowest BCUT2D eigenvalue weighted by molar-refractivity contribution is 0.192. The molecule has 1 atom stereocenters. The topological polar surface area (TPSA) is 27.0 Å². The van der Waals surface area contributed by atoms with Gasteiger partial charge in [-0.3, -0.25) is 4.90 Å². The smallest absolute Gasteiger partial charge is 0.0669 e. The van der Waals surface area contributed by atoms with Crippen molar-refractivity contribution < 1.29 is 0 Å². The van der Waals surface area contributed by atoms with Crippen LogP contribution in [0.15, 0.2) is 28.7 Å². The molecule has 0 spiro atoms. The van der Waals surface area contributed by atoms with E-state index in [1.807, 2.05) is 0 Å². The van der Waals surface area contributed by atoms with Crippen LogP contribution >= 0.6 is 15.9 Å². The molecule has 0 saturated carbocycles. The monoisotopic (exact) mass is 278 g/mol. The van der Waals surface area contributed by atoms with Crippen LogP contribution in [0.3, 0.4) is 0 Å². The van der Waals surface area contributed by atoms with E-state index in [0.717, 1.165) is 36.9 Å². The van der Waals surface area contributed by atoms with Crippen LogP contribution in [0.25, 0.3) is 0 Å². The molecule has 1 aliphatic rings. The maximum atomic E-state index is 8.93. The Balaban J connectivity index is 1.94. The number of benzene rings is 1. The van der Waals surface area contributed by atoms with E-state index in [1.54, 1.807) is 0 Å². The van der Waals surface area contributed by atoms with Gasteiger partial charge in [-0.15, -0.1) is 0 Å². The number of likely N-dealkylation sites (tertiary alicyclic amines) is 1. The van der Waals surface area contributed by atoms with Crippen LogP contribution in [0.5, 0.6) is 0 Å². The molecule has 2 rings (SSSR count). The first-order valence-electron chi connectivity index (χ1n) is 5.64. The molecule has 0 amide bonds. The molecule has 1 fully saturated rings. The Bertz CT molecular complexity index is 380. The third kappa shape index (κ3) is 3.07. The Morgan fingerprint density at radius 3 is 2.81 bits per heavy atom. The molecule has 0 aliphatic carbocycles. The molecule has 3 heteroatoms. The van der Waals surface area contributed by atoms with E-state index in [2.05, 4.69) is 51.2 Å². The minimum Gasteiger partial charge on any atom is -0.298 e. The van der Waals surface area contributed by atoms with Gasteiger partial charge in [-0.2, -0.15) is 5.26 Å². The van der Waals surface area contributed by atoms with Gasteiger partial charge in [0.25, 0.3) is 0 Å². The first-order chi connectivity index (χ1) is 7.78. The number of hydrogen-bond acceptors (Lipinski definition) is 2. The maximum Gasteiger partial charge on any atom is 0.0669 e. The number of nitriles is 1. The Morgan fingerprint density at radius 2 is 2.12 bits per heavy atom. The van der Waals surface area contributed by atoms with Crippen molar-refractivity contribution in [3.05, 3.63) is 34.3 Å². The average Bonchev–Trinajstić information content (AvgIpc) is 2.32. The fourth-order valence-corrected chi connectivity index (χ4v) is 2.42. The largest absolute Gasteiger partial charge is 0.298 e. The van der Waals surface area contributed by atoms with Crippen LogP contribution in [-0.4, -0.2) is 18.0 Å². The molecular weight excluding hydrogens is 264 g/mol. The molecule has 1 aromatic carbocycles. The molecule has 0 bridgehead atoms. The van der Waals surface area contributed by atoms with Gasteiger partial charge in [0.05, 0.1) is 12.0 Å². The zero-order chi connectivity index (χ0) is 11.4. The summed E-state index contributed by atoms with van der Waals surface area (Å²) in [5, 5.41) is 8.93. The van der Waals surface area contributed by atoms with Crippen molar-refractivity contribution in [2.24, 2.45) is 5.92 Å². The molecule has 1 saturated heterocycles. The van der Waals surface area contributed by atoms with Crippen LogP contribution in [0.1, 0.15) is 18.4 Å². The summed E-state index contributed by atoms with van der Waals surface area (Å²) in [6.07, 6.45) is 2.21. The molecule has 1 heterocycles. The van der Waals surface area contributed by atoms with E-state index in [1.165, 1.54) is 5.56 Å². The lowest BCUT2D eigenvalue weighted by Gasteiger charge is -2.29. The van der Waals surface area contributed by atoms with Gasteiger partial charge in [0.1, 0.15) is 0 Å². The quantitative estimate of drug-likeness (QED) is 0.831. The Kier molecular flexibility index (Phi) is 3.98. The molecule has 1 unspecified atom stereocenters. The highest BCUT2D eigenvalue weighted by Crippen LogP contribution is 2.18. The first kappa shape index (κ1) is 11.6. The van der Waals surface area contributed by atoms with Gasteiger partial charge in [0, 0.05) is 17.6 Å². The highest BCUT2D eigenvalue weighted by atomic mass is 79.9. The van der Waals surface area contributed by atoms with Gasteiger partial charge < -0.3 is 0 Å². The van der Waals surface area contributed by atoms with Crippen molar-refractivity contribution in [3.63, 3.8) is 0 Å². The summed E-state index contributed by atoms with van der Waals surface area (Å²) >= 11 is 3.43. The molecule has 1 aromatic rings. The van der Waals surface area contributed by atoms with Crippen molar-refractivity contribution in [2.75, 3.05) is 13.1 Å². The molecule has 0 aromatic heterocycles. The summed E-state index contributed by atoms with van der Waals surface area (Å²) in [7, 11) is 0. The molecule has 2 nitrogen and oxygen atoms in total. The van der Waals surface area contributed by atoms with Gasteiger partial charge in [-0.25, -0.2) is 0 Å². The summed E-state index contributed by atoms with van der Waals surface area (Å²) in [5.41, 5.74) is 1.32. The molecular formula is C13H15BrN2. The van der Waals surface area contributed by atoms with E-state index in [9.17, 15) is 0 Å². The predicted octanol–water partition coefficient (Wildman–Crippen LogP) is 3.18. The highest BCUT2D eigenvalue weighted by molar-refractivity contribution is 9.10. The van der Waals surface area contributed by atoms with Crippen LogP contribution in [0, 0.1) is 17.2 Å². The van der Waals surface area contributed by atoms with Gasteiger partial charge in [0.2, 0.25) is 0 Å². The summed E-state index contributed by atoms with van der Waals surface area (Å²) in [5.74, 6) is 0.226. The second kappa shape index (κ2) is 5.47. The van der Waals surface area contributed by atoms with Gasteiger partial charge in [0.15, 0.2) is 0 Å². The maximum absolute atomic E-state index is 8.93. The standard InChI is InChI=1S/C13H15BrN2/c14-13-5-3-11(4-6-13)9-16-7-1-2-12(8-15)10-16/h3-6,12H,1-2,7,9-10H2. The SMILES string of the molecule is N#CC1CCCN(Cc2ccc(Br)cc2)C1. The van der Waals surface area contributed by atoms with E-state index < -0.39 is 0 Å². The van der Waals surface area contributed by atoms with Crippen molar-refractivity contribution in [3.8, 4) is 6.07 Å². The average molecular weight is 279 g/mol. The highest BCUT2D eigenvalue weighted by Gasteiger charge is 2.19. The summed E-state index contributed by atoms with van der Waals surface area (Å²) < 4.78 is 1.12. The fourth-order valence-electron chi connectivity index (χ4n) is 2.15. The summed E-state index contributed by atoms with van der Waals surface area (Å²) in [6.45, 7) is 3.01.